The molecule has 2 N–H and O–H groups in total. The minimum atomic E-state index is 0.719. The van der Waals surface area contributed by atoms with Crippen LogP contribution in [0.3, 0.4) is 0 Å². The number of hydrogen-bond acceptors (Lipinski definition) is 1. The van der Waals surface area contributed by atoms with Gasteiger partial charge in [-0.3, -0.25) is 0 Å². The van der Waals surface area contributed by atoms with Crippen LogP contribution >= 0.6 is 0 Å². The van der Waals surface area contributed by atoms with Crippen LogP contribution in [0.2, 0.25) is 0 Å². The van der Waals surface area contributed by atoms with Crippen molar-refractivity contribution in [1.29, 1.82) is 0 Å². The summed E-state index contributed by atoms with van der Waals surface area (Å²) in [6.07, 6.45) is 8.12. The molecule has 2 heteroatoms. The molecule has 138 valence electrons. The van der Waals surface area contributed by atoms with Gasteiger partial charge >= 0.3 is 0 Å². The molecule has 0 unspecified atom stereocenters. The normalized spacial score (nSPS) is 8.72. The molecule has 0 amide bonds. The number of quaternary nitrogens is 1. The molecule has 0 spiro atoms. The lowest BCUT2D eigenvalue weighted by Gasteiger charge is -2.23. The van der Waals surface area contributed by atoms with Crippen molar-refractivity contribution in [2.45, 2.75) is 65.2 Å². The van der Waals surface area contributed by atoms with E-state index in [0.717, 1.165) is 62.4 Å². The molecule has 0 aliphatic rings. The van der Waals surface area contributed by atoms with E-state index in [9.17, 15) is 0 Å². The van der Waals surface area contributed by atoms with Gasteiger partial charge in [-0.1, -0.05) is 37.5 Å². The van der Waals surface area contributed by atoms with Crippen molar-refractivity contribution in [3.63, 3.8) is 0 Å². The topological polar surface area (TPSA) is 26.0 Å². The molecule has 0 aliphatic carbocycles. The van der Waals surface area contributed by atoms with Crippen molar-refractivity contribution in [2.24, 2.45) is 5.73 Å². The van der Waals surface area contributed by atoms with Crippen LogP contribution in [-0.2, 0) is 0 Å². The maximum atomic E-state index is 5.29. The molecule has 2 nitrogen and oxygen atoms in total. The Balaban J connectivity index is 0. The van der Waals surface area contributed by atoms with Crippen molar-refractivity contribution < 1.29 is 4.48 Å². The predicted octanol–water partition coefficient (Wildman–Crippen LogP) is 3.81. The van der Waals surface area contributed by atoms with Crippen LogP contribution in [0.1, 0.15) is 65.2 Å². The highest BCUT2D eigenvalue weighted by atomic mass is 15.3. The molecule has 0 fully saturated rings. The van der Waals surface area contributed by atoms with Gasteiger partial charge in [0.05, 0.1) is 27.7 Å². The molecule has 0 heterocycles. The summed E-state index contributed by atoms with van der Waals surface area (Å²) in [5, 5.41) is 0. The second-order valence-electron chi connectivity index (χ2n) is 6.72. The SMILES string of the molecule is CCCC#CC#CCCCN.CCCC#CC#CCCC[N+](C)(C)C. The summed E-state index contributed by atoms with van der Waals surface area (Å²) in [6, 6.07) is 0. The van der Waals surface area contributed by atoms with E-state index >= 15 is 0 Å². The van der Waals surface area contributed by atoms with Crippen LogP contribution in [0, 0.1) is 47.4 Å². The summed E-state index contributed by atoms with van der Waals surface area (Å²) in [4.78, 5) is 0. The fourth-order valence-corrected chi connectivity index (χ4v) is 1.51. The van der Waals surface area contributed by atoms with Crippen LogP contribution in [0.5, 0.6) is 0 Å². The monoisotopic (exact) mass is 341 g/mol. The Morgan fingerprint density at radius 2 is 1.04 bits per heavy atom. The molecule has 0 saturated carbocycles. The van der Waals surface area contributed by atoms with Crippen LogP contribution in [0.25, 0.3) is 0 Å². The largest absolute Gasteiger partial charge is 0.331 e. The average molecular weight is 342 g/mol. The third-order valence-electron chi connectivity index (χ3n) is 2.87. The lowest BCUT2D eigenvalue weighted by atomic mass is 10.3. The lowest BCUT2D eigenvalue weighted by molar-refractivity contribution is -0.870. The third-order valence-corrected chi connectivity index (χ3v) is 2.87. The van der Waals surface area contributed by atoms with Crippen molar-refractivity contribution >= 4 is 0 Å². The molecule has 25 heavy (non-hydrogen) atoms. The number of unbranched alkanes of at least 4 members (excludes halogenated alkanes) is 4. The highest BCUT2D eigenvalue weighted by Gasteiger charge is 2.03. The fourth-order valence-electron chi connectivity index (χ4n) is 1.51. The van der Waals surface area contributed by atoms with E-state index in [1.807, 2.05) is 0 Å². The van der Waals surface area contributed by atoms with Gasteiger partial charge in [-0.15, -0.1) is 0 Å². The lowest BCUT2D eigenvalue weighted by Crippen LogP contribution is -2.35. The first-order chi connectivity index (χ1) is 12.0. The van der Waals surface area contributed by atoms with Gasteiger partial charge in [-0.05, 0) is 49.5 Å². The summed E-state index contributed by atoms with van der Waals surface area (Å²) in [5.74, 6) is 23.3. The van der Waals surface area contributed by atoms with E-state index in [2.05, 4.69) is 82.4 Å². The van der Waals surface area contributed by atoms with Crippen molar-refractivity contribution in [1.82, 2.24) is 0 Å². The Hall–Kier alpha value is -1.84. The zero-order valence-corrected chi connectivity index (χ0v) is 17.1. The van der Waals surface area contributed by atoms with Gasteiger partial charge in [-0.25, -0.2) is 0 Å². The van der Waals surface area contributed by atoms with E-state index < -0.39 is 0 Å². The summed E-state index contributed by atoms with van der Waals surface area (Å²) < 4.78 is 1.02. The second-order valence-corrected chi connectivity index (χ2v) is 6.72. The second kappa shape index (κ2) is 20.2. The molecule has 0 radical (unpaired) electrons. The highest BCUT2D eigenvalue weighted by Crippen LogP contribution is 1.95. The summed E-state index contributed by atoms with van der Waals surface area (Å²) >= 11 is 0. The third kappa shape index (κ3) is 30.6. The first kappa shape index (κ1) is 25.4. The maximum absolute atomic E-state index is 5.29. The quantitative estimate of drug-likeness (QED) is 0.425. The van der Waals surface area contributed by atoms with E-state index in [1.54, 1.807) is 0 Å². The van der Waals surface area contributed by atoms with Crippen LogP contribution in [0.15, 0.2) is 0 Å². The van der Waals surface area contributed by atoms with Gasteiger partial charge < -0.3 is 10.2 Å². The standard InChI is InChI=1S/C13H22N.C10H15N/c1-5-6-7-8-9-10-11-12-13-14(2,3)4;1-2-3-4-5-6-7-8-9-10-11/h5-6,11-13H2,1-4H3;2-3,8-11H2,1H3/q+1;. The summed E-state index contributed by atoms with van der Waals surface area (Å²) in [6.45, 7) is 6.13. The molecule has 0 aromatic rings. The summed E-state index contributed by atoms with van der Waals surface area (Å²) in [7, 11) is 6.61. The van der Waals surface area contributed by atoms with Crippen molar-refractivity contribution in [3.8, 4) is 47.4 Å². The van der Waals surface area contributed by atoms with Crippen LogP contribution < -0.4 is 5.73 Å². The Bertz CT molecular complexity index is 536. The van der Waals surface area contributed by atoms with E-state index in [4.69, 9.17) is 5.73 Å². The number of hydrogen-bond donors (Lipinski definition) is 1. The molecule has 0 saturated heterocycles. The van der Waals surface area contributed by atoms with Crippen LogP contribution in [0.4, 0.5) is 0 Å². The molecule has 0 aromatic carbocycles. The zero-order chi connectivity index (χ0) is 19.2. The maximum Gasteiger partial charge on any atom is 0.0789 e. The minimum Gasteiger partial charge on any atom is -0.331 e. The van der Waals surface area contributed by atoms with Crippen molar-refractivity contribution in [3.05, 3.63) is 0 Å². The molecule has 0 bridgehead atoms. The molecule has 0 atom stereocenters. The molecular weight excluding hydrogens is 304 g/mol. The first-order valence-electron chi connectivity index (χ1n) is 9.39. The fraction of sp³-hybridized carbons (Fsp3) is 0.652. The van der Waals surface area contributed by atoms with E-state index in [-0.39, 0.29) is 0 Å². The number of rotatable bonds is 7. The summed E-state index contributed by atoms with van der Waals surface area (Å²) in [5.41, 5.74) is 5.29. The number of nitrogens with two attached hydrogens (primary N) is 1. The van der Waals surface area contributed by atoms with Crippen LogP contribution in [-0.4, -0.2) is 38.7 Å². The van der Waals surface area contributed by atoms with E-state index in [0.29, 0.717) is 0 Å². The Labute approximate surface area is 157 Å². The minimum absolute atomic E-state index is 0.719. The Morgan fingerprint density at radius 3 is 1.40 bits per heavy atom. The van der Waals surface area contributed by atoms with Gasteiger partial charge in [0.15, 0.2) is 0 Å². The van der Waals surface area contributed by atoms with Gasteiger partial charge in [0, 0.05) is 32.1 Å². The van der Waals surface area contributed by atoms with Gasteiger partial charge in [0.2, 0.25) is 0 Å². The highest BCUT2D eigenvalue weighted by molar-refractivity contribution is 5.26. The van der Waals surface area contributed by atoms with Gasteiger partial charge in [-0.2, -0.15) is 0 Å². The van der Waals surface area contributed by atoms with Crippen molar-refractivity contribution in [2.75, 3.05) is 34.2 Å². The molecule has 0 aromatic heterocycles. The number of nitrogens with zero attached hydrogens (tertiary/aromatic N) is 1. The Kier molecular flexibility index (Phi) is 20.5. The molecular formula is C23H37N2+. The van der Waals surface area contributed by atoms with E-state index in [1.165, 1.54) is 6.54 Å². The predicted molar refractivity (Wildman–Crippen MR) is 111 cm³/mol. The molecule has 0 rings (SSSR count). The zero-order valence-electron chi connectivity index (χ0n) is 17.1. The average Bonchev–Trinajstić information content (AvgIpc) is 2.56. The first-order valence-corrected chi connectivity index (χ1v) is 9.39. The van der Waals surface area contributed by atoms with Gasteiger partial charge in [0.1, 0.15) is 0 Å². The Morgan fingerprint density at radius 1 is 0.640 bits per heavy atom. The molecule has 0 aliphatic heterocycles. The smallest absolute Gasteiger partial charge is 0.0789 e. The van der Waals surface area contributed by atoms with Gasteiger partial charge in [0.25, 0.3) is 0 Å².